The van der Waals surface area contributed by atoms with Crippen molar-refractivity contribution in [3.63, 3.8) is 0 Å². The molecule has 0 aromatic heterocycles. The maximum absolute atomic E-state index is 11.8. The summed E-state index contributed by atoms with van der Waals surface area (Å²) in [7, 11) is 2.60. The number of nitrogens with zero attached hydrogens (tertiary/aromatic N) is 1. The van der Waals surface area contributed by atoms with Crippen molar-refractivity contribution >= 4 is 17.7 Å². The van der Waals surface area contributed by atoms with Crippen molar-refractivity contribution in [2.45, 2.75) is 38.8 Å². The van der Waals surface area contributed by atoms with Crippen molar-refractivity contribution in [2.75, 3.05) is 14.2 Å². The number of unbranched alkanes of at least 4 members (excludes halogenated alkanes) is 1. The van der Waals surface area contributed by atoms with Crippen LogP contribution in [0.4, 0.5) is 10.5 Å². The van der Waals surface area contributed by atoms with E-state index in [4.69, 9.17) is 19.3 Å². The number of hydrogen-bond donors (Lipinski definition) is 2. The summed E-state index contributed by atoms with van der Waals surface area (Å²) in [6.45, 7) is 1.47. The van der Waals surface area contributed by atoms with Gasteiger partial charge in [0.1, 0.15) is 12.6 Å². The lowest BCUT2D eigenvalue weighted by Gasteiger charge is -2.15. The Bertz CT molecular complexity index is 662. The largest absolute Gasteiger partial charge is 0.493 e. The fourth-order valence-corrected chi connectivity index (χ4v) is 2.26. The summed E-state index contributed by atoms with van der Waals surface area (Å²) in [6, 6.07) is 1.74. The number of ether oxygens (including phenoxy) is 3. The topological polar surface area (TPSA) is 137 Å². The predicted octanol–water partition coefficient (Wildman–Crippen LogP) is 2.48. The molecular formula is C16H22N2O8. The second kappa shape index (κ2) is 10.1. The van der Waals surface area contributed by atoms with Crippen molar-refractivity contribution in [1.29, 1.82) is 0 Å². The molecule has 1 rings (SSSR count). The van der Waals surface area contributed by atoms with E-state index in [1.807, 2.05) is 6.92 Å². The molecule has 0 saturated heterocycles. The average Bonchev–Trinajstić information content (AvgIpc) is 2.61. The highest BCUT2D eigenvalue weighted by Crippen LogP contribution is 2.39. The smallest absolute Gasteiger partial charge is 0.408 e. The van der Waals surface area contributed by atoms with Gasteiger partial charge in [-0.2, -0.15) is 0 Å². The molecular weight excluding hydrogens is 348 g/mol. The van der Waals surface area contributed by atoms with Crippen molar-refractivity contribution in [3.8, 4) is 11.5 Å². The molecule has 0 aliphatic heterocycles. The van der Waals surface area contributed by atoms with Gasteiger partial charge in [-0.15, -0.1) is 0 Å². The van der Waals surface area contributed by atoms with Crippen LogP contribution >= 0.6 is 0 Å². The summed E-state index contributed by atoms with van der Waals surface area (Å²) < 4.78 is 15.0. The standard InChI is InChI=1S/C16H22N2O8/c1-4-5-6-11(15(19)20)17-16(21)26-9-10-7-8-12(24-2)14(25-3)13(10)18(22)23/h7-8,11H,4-6,9H2,1-3H3,(H,17,21)(H,19,20). The SMILES string of the molecule is CCCCC(NC(=O)OCc1ccc(OC)c(OC)c1[N+](=O)[O-])C(=O)O. The fourth-order valence-electron chi connectivity index (χ4n) is 2.26. The number of hydrogen-bond acceptors (Lipinski definition) is 7. The average molecular weight is 370 g/mol. The predicted molar refractivity (Wildman–Crippen MR) is 90.5 cm³/mol. The van der Waals surface area contributed by atoms with E-state index < -0.39 is 29.6 Å². The number of carbonyl (C=O) groups is 2. The van der Waals surface area contributed by atoms with Gasteiger partial charge in [0, 0.05) is 0 Å². The number of nitro groups is 1. The molecule has 1 aromatic rings. The lowest BCUT2D eigenvalue weighted by atomic mass is 10.1. The number of carboxylic acid groups (broad SMARTS) is 1. The molecule has 0 aliphatic rings. The van der Waals surface area contributed by atoms with Crippen molar-refractivity contribution in [1.82, 2.24) is 5.32 Å². The van der Waals surface area contributed by atoms with Crippen LogP contribution in [0.2, 0.25) is 0 Å². The first kappa shape index (κ1) is 21.0. The first-order valence-corrected chi connectivity index (χ1v) is 7.90. The Labute approximate surface area is 150 Å². The second-order valence-corrected chi connectivity index (χ2v) is 5.32. The third-order valence-corrected chi connectivity index (χ3v) is 3.58. The number of rotatable bonds is 10. The fraction of sp³-hybridized carbons (Fsp3) is 0.500. The minimum atomic E-state index is -1.17. The Hall–Kier alpha value is -3.04. The monoisotopic (exact) mass is 370 g/mol. The molecule has 0 bridgehead atoms. The van der Waals surface area contributed by atoms with Crippen LogP contribution in [0, 0.1) is 10.1 Å². The molecule has 2 N–H and O–H groups in total. The van der Waals surface area contributed by atoms with E-state index in [1.165, 1.54) is 26.4 Å². The number of aliphatic carboxylic acids is 1. The third kappa shape index (κ3) is 5.50. The third-order valence-electron chi connectivity index (χ3n) is 3.58. The minimum Gasteiger partial charge on any atom is -0.493 e. The van der Waals surface area contributed by atoms with Gasteiger partial charge < -0.3 is 24.6 Å². The van der Waals surface area contributed by atoms with Crippen LogP contribution in [0.3, 0.4) is 0 Å². The van der Waals surface area contributed by atoms with E-state index in [1.54, 1.807) is 0 Å². The Morgan fingerprint density at radius 2 is 2.00 bits per heavy atom. The quantitative estimate of drug-likeness (QED) is 0.473. The minimum absolute atomic E-state index is 0.0863. The Kier molecular flexibility index (Phi) is 8.13. The molecule has 0 fully saturated rings. The summed E-state index contributed by atoms with van der Waals surface area (Å²) in [6.07, 6.45) is 0.686. The molecule has 0 saturated carbocycles. The summed E-state index contributed by atoms with van der Waals surface area (Å²) in [5.41, 5.74) is -0.302. The van der Waals surface area contributed by atoms with Gasteiger partial charge in [-0.3, -0.25) is 10.1 Å². The maximum Gasteiger partial charge on any atom is 0.408 e. The zero-order valence-corrected chi connectivity index (χ0v) is 14.8. The second-order valence-electron chi connectivity index (χ2n) is 5.32. The molecule has 144 valence electrons. The van der Waals surface area contributed by atoms with Gasteiger partial charge >= 0.3 is 17.7 Å². The van der Waals surface area contributed by atoms with Gasteiger partial charge in [-0.1, -0.05) is 19.8 Å². The molecule has 10 heteroatoms. The number of amides is 1. The first-order valence-electron chi connectivity index (χ1n) is 7.90. The van der Waals surface area contributed by atoms with E-state index in [2.05, 4.69) is 5.32 Å². The zero-order valence-electron chi connectivity index (χ0n) is 14.8. The van der Waals surface area contributed by atoms with Crippen LogP contribution in [0.25, 0.3) is 0 Å². The van der Waals surface area contributed by atoms with Crippen LogP contribution < -0.4 is 14.8 Å². The number of carbonyl (C=O) groups excluding carboxylic acids is 1. The molecule has 0 aliphatic carbocycles. The maximum atomic E-state index is 11.8. The molecule has 10 nitrogen and oxygen atoms in total. The van der Waals surface area contributed by atoms with Gasteiger partial charge in [0.25, 0.3) is 0 Å². The van der Waals surface area contributed by atoms with E-state index in [0.717, 1.165) is 6.42 Å². The number of benzene rings is 1. The van der Waals surface area contributed by atoms with Crippen LogP contribution in [-0.4, -0.2) is 42.4 Å². The van der Waals surface area contributed by atoms with Crippen LogP contribution in [-0.2, 0) is 16.1 Å². The normalized spacial score (nSPS) is 11.3. The lowest BCUT2D eigenvalue weighted by Crippen LogP contribution is -2.40. The zero-order chi connectivity index (χ0) is 19.7. The Balaban J connectivity index is 2.87. The van der Waals surface area contributed by atoms with Gasteiger partial charge in [0.2, 0.25) is 5.75 Å². The van der Waals surface area contributed by atoms with Crippen LogP contribution in [0.5, 0.6) is 11.5 Å². The summed E-state index contributed by atoms with van der Waals surface area (Å²) in [5.74, 6) is -1.10. The molecule has 1 atom stereocenters. The van der Waals surface area contributed by atoms with E-state index in [9.17, 15) is 19.7 Å². The molecule has 0 heterocycles. The van der Waals surface area contributed by atoms with Gasteiger partial charge in [0.05, 0.1) is 24.7 Å². The summed E-state index contributed by atoms with van der Waals surface area (Å²) in [5, 5.41) is 22.7. The number of nitro benzene ring substituents is 1. The van der Waals surface area contributed by atoms with Crippen LogP contribution in [0.1, 0.15) is 31.7 Å². The molecule has 0 radical (unpaired) electrons. The number of nitrogens with one attached hydrogen (secondary N) is 1. The summed E-state index contributed by atoms with van der Waals surface area (Å²) >= 11 is 0. The van der Waals surface area contributed by atoms with Crippen molar-refractivity contribution in [3.05, 3.63) is 27.8 Å². The molecule has 1 unspecified atom stereocenters. The molecule has 1 aromatic carbocycles. The van der Waals surface area contributed by atoms with E-state index >= 15 is 0 Å². The highest BCUT2D eigenvalue weighted by atomic mass is 16.6. The Morgan fingerprint density at radius 3 is 2.50 bits per heavy atom. The van der Waals surface area contributed by atoms with Gasteiger partial charge in [0.15, 0.2) is 5.75 Å². The number of alkyl carbamates (subject to hydrolysis) is 1. The van der Waals surface area contributed by atoms with Crippen LogP contribution in [0.15, 0.2) is 12.1 Å². The van der Waals surface area contributed by atoms with E-state index in [-0.39, 0.29) is 29.2 Å². The Morgan fingerprint density at radius 1 is 1.31 bits per heavy atom. The molecule has 26 heavy (non-hydrogen) atoms. The molecule has 0 spiro atoms. The highest BCUT2D eigenvalue weighted by molar-refractivity contribution is 5.79. The summed E-state index contributed by atoms with van der Waals surface area (Å²) in [4.78, 5) is 33.6. The number of methoxy groups -OCH3 is 2. The molecule has 1 amide bonds. The van der Waals surface area contributed by atoms with Gasteiger partial charge in [-0.25, -0.2) is 9.59 Å². The van der Waals surface area contributed by atoms with Crippen molar-refractivity contribution in [2.24, 2.45) is 0 Å². The highest BCUT2D eigenvalue weighted by Gasteiger charge is 2.26. The van der Waals surface area contributed by atoms with E-state index in [0.29, 0.717) is 6.42 Å². The van der Waals surface area contributed by atoms with Gasteiger partial charge in [-0.05, 0) is 18.6 Å². The number of carboxylic acids is 1. The van der Waals surface area contributed by atoms with Crippen molar-refractivity contribution < 1.29 is 33.8 Å². The lowest BCUT2D eigenvalue weighted by molar-refractivity contribution is -0.386. The first-order chi connectivity index (χ1) is 12.3.